The highest BCUT2D eigenvalue weighted by Crippen LogP contribution is 1.97. The Hall–Kier alpha value is -0.100. The lowest BCUT2D eigenvalue weighted by atomic mass is 10.2. The van der Waals surface area contributed by atoms with Gasteiger partial charge in [-0.2, -0.15) is 0 Å². The van der Waals surface area contributed by atoms with Gasteiger partial charge in [0.1, 0.15) is 5.75 Å². The van der Waals surface area contributed by atoms with Gasteiger partial charge in [-0.3, -0.25) is 4.79 Å². The van der Waals surface area contributed by atoms with E-state index in [1.54, 1.807) is 0 Å². The number of nitrogens with one attached hydrogen (secondary N) is 1. The maximum atomic E-state index is 11.0. The summed E-state index contributed by atoms with van der Waals surface area (Å²) in [5, 5.41) is 3.33. The first kappa shape index (κ1) is 12.9. The number of halogens is 1. The quantitative estimate of drug-likeness (QED) is 0.726. The molecule has 0 rings (SSSR count). The summed E-state index contributed by atoms with van der Waals surface area (Å²) < 4.78 is 21.4. The number of alkyl halides is 1. The van der Waals surface area contributed by atoms with Crippen LogP contribution in [0.2, 0.25) is 0 Å². The van der Waals surface area contributed by atoms with E-state index < -0.39 is 21.5 Å². The SMILES string of the molecule is CC(CBr)CNC(=O)CS(C)(=O)=O. The lowest BCUT2D eigenvalue weighted by Crippen LogP contribution is -2.33. The summed E-state index contributed by atoms with van der Waals surface area (Å²) in [4.78, 5) is 11.0. The van der Waals surface area contributed by atoms with Gasteiger partial charge in [-0.1, -0.05) is 22.9 Å². The van der Waals surface area contributed by atoms with E-state index in [0.29, 0.717) is 12.5 Å². The fourth-order valence-electron chi connectivity index (χ4n) is 0.632. The fraction of sp³-hybridized carbons (Fsp3) is 0.857. The van der Waals surface area contributed by atoms with E-state index in [9.17, 15) is 13.2 Å². The molecule has 0 saturated carbocycles. The summed E-state index contributed by atoms with van der Waals surface area (Å²) in [6, 6.07) is 0. The molecule has 0 saturated heterocycles. The Morgan fingerprint density at radius 2 is 2.08 bits per heavy atom. The van der Waals surface area contributed by atoms with Gasteiger partial charge < -0.3 is 5.32 Å². The predicted octanol–water partition coefficient (Wildman–Crippen LogP) is 0.178. The van der Waals surface area contributed by atoms with Gasteiger partial charge in [0.25, 0.3) is 0 Å². The molecule has 0 aliphatic carbocycles. The molecule has 1 N–H and O–H groups in total. The van der Waals surface area contributed by atoms with Crippen molar-refractivity contribution < 1.29 is 13.2 Å². The first-order chi connectivity index (χ1) is 5.85. The van der Waals surface area contributed by atoms with Gasteiger partial charge in [0.05, 0.1) is 0 Å². The number of amides is 1. The molecule has 1 amide bonds. The van der Waals surface area contributed by atoms with Crippen molar-refractivity contribution in [1.29, 1.82) is 0 Å². The van der Waals surface area contributed by atoms with Crippen LogP contribution in [0.15, 0.2) is 0 Å². The smallest absolute Gasteiger partial charge is 0.235 e. The summed E-state index contributed by atoms with van der Waals surface area (Å²) in [5.74, 6) is -0.555. The molecule has 0 aromatic heterocycles. The molecule has 0 aliphatic rings. The lowest BCUT2D eigenvalue weighted by molar-refractivity contribution is -0.118. The zero-order valence-electron chi connectivity index (χ0n) is 7.71. The molecule has 0 aromatic carbocycles. The van der Waals surface area contributed by atoms with Crippen LogP contribution in [0.4, 0.5) is 0 Å². The van der Waals surface area contributed by atoms with Crippen molar-refractivity contribution in [2.45, 2.75) is 6.92 Å². The third-order valence-electron chi connectivity index (χ3n) is 1.30. The molecule has 0 aromatic rings. The maximum Gasteiger partial charge on any atom is 0.235 e. The molecule has 13 heavy (non-hydrogen) atoms. The van der Waals surface area contributed by atoms with E-state index in [2.05, 4.69) is 21.2 Å². The van der Waals surface area contributed by atoms with Crippen molar-refractivity contribution in [2.24, 2.45) is 5.92 Å². The maximum absolute atomic E-state index is 11.0. The van der Waals surface area contributed by atoms with E-state index in [1.165, 1.54) is 0 Å². The lowest BCUT2D eigenvalue weighted by Gasteiger charge is -2.08. The van der Waals surface area contributed by atoms with Gasteiger partial charge in [0.2, 0.25) is 5.91 Å². The monoisotopic (exact) mass is 271 g/mol. The predicted molar refractivity (Wildman–Crippen MR) is 55.7 cm³/mol. The largest absolute Gasteiger partial charge is 0.355 e. The number of rotatable bonds is 5. The van der Waals surface area contributed by atoms with Crippen molar-refractivity contribution in [3.8, 4) is 0 Å². The summed E-state index contributed by atoms with van der Waals surface area (Å²) in [7, 11) is -3.20. The number of sulfone groups is 1. The van der Waals surface area contributed by atoms with Gasteiger partial charge in [-0.05, 0) is 5.92 Å². The molecule has 0 bridgehead atoms. The average Bonchev–Trinajstić information content (AvgIpc) is 1.97. The van der Waals surface area contributed by atoms with Gasteiger partial charge in [0, 0.05) is 18.1 Å². The van der Waals surface area contributed by atoms with Crippen LogP contribution in [-0.2, 0) is 14.6 Å². The highest BCUT2D eigenvalue weighted by molar-refractivity contribution is 9.09. The Labute approximate surface area is 87.1 Å². The molecule has 0 fully saturated rings. The van der Waals surface area contributed by atoms with Crippen LogP contribution < -0.4 is 5.32 Å². The Bertz CT molecular complexity index is 263. The van der Waals surface area contributed by atoms with E-state index in [4.69, 9.17) is 0 Å². The highest BCUT2D eigenvalue weighted by atomic mass is 79.9. The summed E-state index contributed by atoms with van der Waals surface area (Å²) in [5.41, 5.74) is 0. The topological polar surface area (TPSA) is 63.2 Å². The number of carbonyl (C=O) groups excluding carboxylic acids is 1. The van der Waals surface area contributed by atoms with Gasteiger partial charge in [-0.25, -0.2) is 8.42 Å². The molecule has 4 nitrogen and oxygen atoms in total. The minimum absolute atomic E-state index is 0.309. The minimum Gasteiger partial charge on any atom is -0.355 e. The van der Waals surface area contributed by atoms with Crippen LogP contribution in [0.25, 0.3) is 0 Å². The van der Waals surface area contributed by atoms with Crippen LogP contribution in [0.5, 0.6) is 0 Å². The second-order valence-electron chi connectivity index (χ2n) is 3.13. The first-order valence-corrected chi connectivity index (χ1v) is 7.03. The molecule has 0 spiro atoms. The third kappa shape index (κ3) is 8.24. The van der Waals surface area contributed by atoms with Gasteiger partial charge in [-0.15, -0.1) is 0 Å². The Morgan fingerprint density at radius 3 is 2.46 bits per heavy atom. The second kappa shape index (κ2) is 5.59. The average molecular weight is 272 g/mol. The minimum atomic E-state index is -3.20. The van der Waals surface area contributed by atoms with Crippen molar-refractivity contribution in [3.05, 3.63) is 0 Å². The third-order valence-corrected chi connectivity index (χ3v) is 3.20. The van der Waals surface area contributed by atoms with E-state index >= 15 is 0 Å². The van der Waals surface area contributed by atoms with Crippen LogP contribution in [0, 0.1) is 5.92 Å². The first-order valence-electron chi connectivity index (χ1n) is 3.85. The molecular formula is C7H14BrNO3S. The fourth-order valence-corrected chi connectivity index (χ4v) is 1.44. The summed E-state index contributed by atoms with van der Waals surface area (Å²) in [6.07, 6.45) is 1.04. The highest BCUT2D eigenvalue weighted by Gasteiger charge is 2.10. The zero-order valence-corrected chi connectivity index (χ0v) is 10.1. The Morgan fingerprint density at radius 1 is 1.54 bits per heavy atom. The van der Waals surface area contributed by atoms with Crippen molar-refractivity contribution in [3.63, 3.8) is 0 Å². The van der Waals surface area contributed by atoms with E-state index in [-0.39, 0.29) is 0 Å². The molecule has 0 radical (unpaired) electrons. The molecule has 0 aliphatic heterocycles. The van der Waals surface area contributed by atoms with E-state index in [0.717, 1.165) is 11.6 Å². The van der Waals surface area contributed by atoms with Crippen molar-refractivity contribution >= 4 is 31.7 Å². The molecule has 1 unspecified atom stereocenters. The van der Waals surface area contributed by atoms with Crippen LogP contribution in [0.1, 0.15) is 6.92 Å². The Kier molecular flexibility index (Phi) is 5.55. The molecule has 0 heterocycles. The molecule has 6 heteroatoms. The standard InChI is InChI=1S/C7H14BrNO3S/c1-6(3-8)4-9-7(10)5-13(2,11)12/h6H,3-5H2,1-2H3,(H,9,10). The Balaban J connectivity index is 3.77. The van der Waals surface area contributed by atoms with Crippen LogP contribution >= 0.6 is 15.9 Å². The van der Waals surface area contributed by atoms with Gasteiger partial charge >= 0.3 is 0 Å². The second-order valence-corrected chi connectivity index (χ2v) is 5.92. The molecule has 78 valence electrons. The van der Waals surface area contributed by atoms with E-state index in [1.807, 2.05) is 6.92 Å². The number of carbonyl (C=O) groups is 1. The number of hydrogen-bond donors (Lipinski definition) is 1. The molecule has 1 atom stereocenters. The zero-order chi connectivity index (χ0) is 10.5. The van der Waals surface area contributed by atoms with Gasteiger partial charge in [0.15, 0.2) is 9.84 Å². The van der Waals surface area contributed by atoms with Crippen molar-refractivity contribution in [2.75, 3.05) is 23.9 Å². The van der Waals surface area contributed by atoms with Crippen LogP contribution in [0.3, 0.4) is 0 Å². The summed E-state index contributed by atoms with van der Waals surface area (Å²) in [6.45, 7) is 2.45. The molecular weight excluding hydrogens is 258 g/mol. The van der Waals surface area contributed by atoms with Crippen molar-refractivity contribution in [1.82, 2.24) is 5.32 Å². The number of hydrogen-bond acceptors (Lipinski definition) is 3. The normalized spacial score (nSPS) is 13.8. The van der Waals surface area contributed by atoms with Crippen LogP contribution in [-0.4, -0.2) is 38.2 Å². The summed E-state index contributed by atoms with van der Waals surface area (Å²) >= 11 is 3.26.